The fraction of sp³-hybridized carbons (Fsp3) is 0.368. The van der Waals surface area contributed by atoms with Gasteiger partial charge in [-0.3, -0.25) is 9.59 Å². The maximum atomic E-state index is 12.0. The molecule has 2 rings (SSSR count). The molecule has 0 radical (unpaired) electrons. The number of anilines is 1. The molecule has 0 spiro atoms. The summed E-state index contributed by atoms with van der Waals surface area (Å²) in [5.41, 5.74) is 3.79. The molecule has 0 aliphatic carbocycles. The number of H-pyrrole nitrogens is 1. The predicted molar refractivity (Wildman–Crippen MR) is 104 cm³/mol. The first-order valence-corrected chi connectivity index (χ1v) is 9.44. The second kappa shape index (κ2) is 9.32. The number of hydrogen-bond acceptors (Lipinski definition) is 4. The molecule has 134 valence electrons. The van der Waals surface area contributed by atoms with E-state index in [-0.39, 0.29) is 11.3 Å². The molecule has 0 unspecified atom stereocenters. The van der Waals surface area contributed by atoms with E-state index >= 15 is 0 Å². The van der Waals surface area contributed by atoms with E-state index in [2.05, 4.69) is 10.3 Å². The molecule has 6 heteroatoms. The van der Waals surface area contributed by atoms with Crippen LogP contribution >= 0.6 is 11.8 Å². The van der Waals surface area contributed by atoms with Crippen LogP contribution in [0.25, 0.3) is 0 Å². The van der Waals surface area contributed by atoms with Crippen LogP contribution in [0.3, 0.4) is 0 Å². The highest BCUT2D eigenvalue weighted by Crippen LogP contribution is 2.15. The minimum absolute atomic E-state index is 0.0569. The molecule has 0 aliphatic rings. The van der Waals surface area contributed by atoms with Gasteiger partial charge in [0.25, 0.3) is 0 Å². The normalized spacial score (nSPS) is 10.5. The molecule has 2 aromatic rings. The topological polar surface area (TPSA) is 71.2 Å². The number of aromatic nitrogens is 1. The number of carbonyl (C=O) groups is 1. The van der Waals surface area contributed by atoms with Crippen LogP contribution < -0.4 is 15.5 Å². The van der Waals surface area contributed by atoms with E-state index in [1.165, 1.54) is 23.4 Å². The maximum Gasteiger partial charge on any atom is 0.234 e. The van der Waals surface area contributed by atoms with Gasteiger partial charge >= 0.3 is 0 Å². The number of benzene rings is 1. The van der Waals surface area contributed by atoms with Crippen molar-refractivity contribution in [2.45, 2.75) is 32.9 Å². The van der Waals surface area contributed by atoms with Gasteiger partial charge in [-0.25, -0.2) is 0 Å². The first kappa shape index (κ1) is 19.1. The zero-order valence-electron chi connectivity index (χ0n) is 14.8. The Morgan fingerprint density at radius 1 is 1.24 bits per heavy atom. The van der Waals surface area contributed by atoms with Crippen molar-refractivity contribution < 1.29 is 9.53 Å². The second-order valence-corrected chi connectivity index (χ2v) is 6.86. The Hall–Kier alpha value is -2.21. The molecule has 1 aromatic heterocycles. The molecule has 0 saturated carbocycles. The molecule has 1 aromatic carbocycles. The monoisotopic (exact) mass is 360 g/mol. The average Bonchev–Trinajstić information content (AvgIpc) is 2.57. The van der Waals surface area contributed by atoms with Crippen molar-refractivity contribution in [3.8, 4) is 5.75 Å². The van der Waals surface area contributed by atoms with Gasteiger partial charge in [-0.1, -0.05) is 13.0 Å². The summed E-state index contributed by atoms with van der Waals surface area (Å²) in [6.07, 6.45) is 2.44. The fourth-order valence-corrected chi connectivity index (χ4v) is 2.92. The van der Waals surface area contributed by atoms with E-state index in [1.807, 2.05) is 39.0 Å². The molecule has 5 nitrogen and oxygen atoms in total. The van der Waals surface area contributed by atoms with Crippen molar-refractivity contribution >= 4 is 23.4 Å². The summed E-state index contributed by atoms with van der Waals surface area (Å²) in [4.78, 5) is 27.0. The molecule has 0 aliphatic heterocycles. The zero-order valence-corrected chi connectivity index (χ0v) is 15.7. The van der Waals surface area contributed by atoms with Crippen LogP contribution in [-0.2, 0) is 10.5 Å². The Kier molecular flexibility index (Phi) is 7.13. The third-order valence-electron chi connectivity index (χ3n) is 3.68. The molecule has 0 saturated heterocycles. The largest absolute Gasteiger partial charge is 0.488 e. The van der Waals surface area contributed by atoms with Gasteiger partial charge in [-0.05, 0) is 43.5 Å². The highest BCUT2D eigenvalue weighted by molar-refractivity contribution is 7.99. The summed E-state index contributed by atoms with van der Waals surface area (Å²) in [5.74, 6) is 1.16. The highest BCUT2D eigenvalue weighted by Gasteiger charge is 2.06. The van der Waals surface area contributed by atoms with Gasteiger partial charge in [0.05, 0.1) is 12.4 Å². The highest BCUT2D eigenvalue weighted by atomic mass is 32.2. The van der Waals surface area contributed by atoms with Crippen molar-refractivity contribution in [2.75, 3.05) is 17.7 Å². The summed E-state index contributed by atoms with van der Waals surface area (Å²) in [6, 6.07) is 7.38. The molecule has 2 N–H and O–H groups in total. The minimum Gasteiger partial charge on any atom is -0.488 e. The number of rotatable bonds is 8. The van der Waals surface area contributed by atoms with Gasteiger partial charge in [0.2, 0.25) is 11.3 Å². The van der Waals surface area contributed by atoms with Gasteiger partial charge in [-0.15, -0.1) is 11.8 Å². The number of carbonyl (C=O) groups excluding carboxylic acids is 1. The molecular weight excluding hydrogens is 336 g/mol. The van der Waals surface area contributed by atoms with Crippen LogP contribution in [0.2, 0.25) is 0 Å². The van der Waals surface area contributed by atoms with Crippen LogP contribution in [-0.4, -0.2) is 23.3 Å². The molecule has 1 amide bonds. The van der Waals surface area contributed by atoms with Crippen LogP contribution in [0.1, 0.15) is 30.2 Å². The van der Waals surface area contributed by atoms with Gasteiger partial charge in [0.1, 0.15) is 0 Å². The summed E-state index contributed by atoms with van der Waals surface area (Å²) in [7, 11) is 0. The molecule has 1 heterocycles. The lowest BCUT2D eigenvalue weighted by Gasteiger charge is -2.08. The van der Waals surface area contributed by atoms with Crippen molar-refractivity contribution in [1.82, 2.24) is 4.98 Å². The Labute approximate surface area is 152 Å². The van der Waals surface area contributed by atoms with Crippen molar-refractivity contribution in [2.24, 2.45) is 0 Å². The number of thioether (sulfide) groups is 1. The first-order chi connectivity index (χ1) is 12.0. The Morgan fingerprint density at radius 2 is 2.04 bits per heavy atom. The van der Waals surface area contributed by atoms with Gasteiger partial charge in [0, 0.05) is 29.4 Å². The molecular formula is C19H24N2O3S. The summed E-state index contributed by atoms with van der Waals surface area (Å²) in [5, 5.41) is 2.89. The number of hydrogen-bond donors (Lipinski definition) is 2. The summed E-state index contributed by atoms with van der Waals surface area (Å²) in [6.45, 7) is 6.57. The zero-order chi connectivity index (χ0) is 18.2. The first-order valence-electron chi connectivity index (χ1n) is 8.29. The van der Waals surface area contributed by atoms with E-state index < -0.39 is 0 Å². The Balaban J connectivity index is 1.81. The third kappa shape index (κ3) is 5.98. The number of nitrogens with one attached hydrogen (secondary N) is 2. The number of ether oxygens (including phenoxy) is 1. The molecule has 0 fully saturated rings. The quantitative estimate of drug-likeness (QED) is 0.754. The van der Waals surface area contributed by atoms with E-state index in [9.17, 15) is 9.59 Å². The number of aromatic amines is 1. The smallest absolute Gasteiger partial charge is 0.234 e. The predicted octanol–water partition coefficient (Wildman–Crippen LogP) is 3.65. The number of aryl methyl sites for hydroxylation is 2. The van der Waals surface area contributed by atoms with E-state index in [1.54, 1.807) is 6.20 Å². The molecule has 0 bridgehead atoms. The van der Waals surface area contributed by atoms with Crippen molar-refractivity contribution in [3.63, 3.8) is 0 Å². The SMILES string of the molecule is CCCOc1c[nH]c(CSCC(=O)Nc2ccc(C)c(C)c2)cc1=O. The molecule has 0 atom stereocenters. The van der Waals surface area contributed by atoms with Crippen LogP contribution in [0.4, 0.5) is 5.69 Å². The number of amides is 1. The van der Waals surface area contributed by atoms with Gasteiger partial charge in [-0.2, -0.15) is 0 Å². The summed E-state index contributed by atoms with van der Waals surface area (Å²) < 4.78 is 5.35. The lowest BCUT2D eigenvalue weighted by Crippen LogP contribution is -2.14. The van der Waals surface area contributed by atoms with Gasteiger partial charge < -0.3 is 15.0 Å². The van der Waals surface area contributed by atoms with Crippen LogP contribution in [0.15, 0.2) is 35.3 Å². The lowest BCUT2D eigenvalue weighted by molar-refractivity contribution is -0.113. The lowest BCUT2D eigenvalue weighted by atomic mass is 10.1. The summed E-state index contributed by atoms with van der Waals surface area (Å²) >= 11 is 1.45. The van der Waals surface area contributed by atoms with Gasteiger partial charge in [0.15, 0.2) is 5.75 Å². The average molecular weight is 360 g/mol. The Bertz CT molecular complexity index is 786. The van der Waals surface area contributed by atoms with E-state index in [4.69, 9.17) is 4.74 Å². The Morgan fingerprint density at radius 3 is 2.72 bits per heavy atom. The van der Waals surface area contributed by atoms with E-state index in [0.29, 0.717) is 23.9 Å². The van der Waals surface area contributed by atoms with Crippen LogP contribution in [0.5, 0.6) is 5.75 Å². The third-order valence-corrected chi connectivity index (χ3v) is 4.66. The maximum absolute atomic E-state index is 12.0. The van der Waals surface area contributed by atoms with Crippen LogP contribution in [0, 0.1) is 13.8 Å². The van der Waals surface area contributed by atoms with E-state index in [0.717, 1.165) is 23.4 Å². The second-order valence-electron chi connectivity index (χ2n) is 5.88. The standard InChI is InChI=1S/C19H24N2O3S/c1-4-7-24-18-10-20-16(9-17(18)22)11-25-12-19(23)21-15-6-5-13(2)14(3)8-15/h5-6,8-10H,4,7,11-12H2,1-3H3,(H,20,22)(H,21,23). The number of pyridine rings is 1. The van der Waals surface area contributed by atoms with Crippen molar-refractivity contribution in [3.05, 3.63) is 57.5 Å². The van der Waals surface area contributed by atoms with Crippen molar-refractivity contribution in [1.29, 1.82) is 0 Å². The fourth-order valence-electron chi connectivity index (χ4n) is 2.18. The molecule has 25 heavy (non-hydrogen) atoms. The minimum atomic E-state index is -0.137.